The van der Waals surface area contributed by atoms with Crippen LogP contribution in [0.5, 0.6) is 0 Å². The second kappa shape index (κ2) is 7.45. The minimum Gasteiger partial charge on any atom is -0.345 e. The van der Waals surface area contributed by atoms with E-state index < -0.39 is 0 Å². The van der Waals surface area contributed by atoms with Crippen molar-refractivity contribution in [2.45, 2.75) is 19.5 Å². The quantitative estimate of drug-likeness (QED) is 0.571. The zero-order chi connectivity index (χ0) is 17.8. The molecule has 0 unspecified atom stereocenters. The monoisotopic (exact) mass is 363 g/mol. The molecule has 1 amide bonds. The Kier molecular flexibility index (Phi) is 4.70. The van der Waals surface area contributed by atoms with Crippen LogP contribution in [0.3, 0.4) is 0 Å². The zero-order valence-corrected chi connectivity index (χ0v) is 14.8. The predicted molar refractivity (Wildman–Crippen MR) is 101 cm³/mol. The number of aryl methyl sites for hydroxylation is 2. The molecule has 26 heavy (non-hydrogen) atoms. The maximum absolute atomic E-state index is 12.4. The van der Waals surface area contributed by atoms with Gasteiger partial charge in [0.05, 0.1) is 22.3 Å². The summed E-state index contributed by atoms with van der Waals surface area (Å²) in [6, 6.07) is 15.8. The third-order valence-corrected chi connectivity index (χ3v) is 4.97. The minimum atomic E-state index is -0.127. The Morgan fingerprint density at radius 1 is 1.15 bits per heavy atom. The SMILES string of the molecule is O=C(NCc1nncn1CCc1ccccc1)c1ccc2ncsc2c1. The first kappa shape index (κ1) is 16.4. The molecule has 7 heteroatoms. The molecule has 2 heterocycles. The smallest absolute Gasteiger partial charge is 0.251 e. The first-order valence-corrected chi connectivity index (χ1v) is 9.19. The molecule has 0 aliphatic heterocycles. The molecule has 4 rings (SSSR count). The summed E-state index contributed by atoms with van der Waals surface area (Å²) in [5.74, 6) is 0.617. The van der Waals surface area contributed by atoms with Crippen molar-refractivity contribution in [2.75, 3.05) is 0 Å². The van der Waals surface area contributed by atoms with Crippen molar-refractivity contribution in [3.05, 3.63) is 77.3 Å². The van der Waals surface area contributed by atoms with Crippen molar-refractivity contribution in [2.24, 2.45) is 0 Å². The largest absolute Gasteiger partial charge is 0.345 e. The summed E-state index contributed by atoms with van der Waals surface area (Å²) in [5, 5.41) is 11.0. The molecule has 2 aromatic heterocycles. The number of rotatable bonds is 6. The van der Waals surface area contributed by atoms with Crippen LogP contribution in [0.1, 0.15) is 21.7 Å². The summed E-state index contributed by atoms with van der Waals surface area (Å²) in [4.78, 5) is 16.6. The Morgan fingerprint density at radius 2 is 2.04 bits per heavy atom. The number of carbonyl (C=O) groups excluding carboxylic acids is 1. The minimum absolute atomic E-state index is 0.127. The Balaban J connectivity index is 1.38. The second-order valence-electron chi connectivity index (χ2n) is 5.89. The number of carbonyl (C=O) groups is 1. The van der Waals surface area contributed by atoms with Crippen LogP contribution in [0.2, 0.25) is 0 Å². The highest BCUT2D eigenvalue weighted by molar-refractivity contribution is 7.16. The number of hydrogen-bond acceptors (Lipinski definition) is 5. The lowest BCUT2D eigenvalue weighted by atomic mass is 10.1. The van der Waals surface area contributed by atoms with Crippen molar-refractivity contribution in [3.8, 4) is 0 Å². The van der Waals surface area contributed by atoms with E-state index in [0.29, 0.717) is 12.1 Å². The molecule has 0 aliphatic carbocycles. The van der Waals surface area contributed by atoms with Crippen molar-refractivity contribution in [3.63, 3.8) is 0 Å². The average Bonchev–Trinajstić information content (AvgIpc) is 3.33. The highest BCUT2D eigenvalue weighted by atomic mass is 32.1. The molecule has 0 radical (unpaired) electrons. The summed E-state index contributed by atoms with van der Waals surface area (Å²) in [7, 11) is 0. The number of amides is 1. The van der Waals surface area contributed by atoms with Gasteiger partial charge in [0.15, 0.2) is 5.82 Å². The van der Waals surface area contributed by atoms with Gasteiger partial charge in [-0.1, -0.05) is 30.3 Å². The normalized spacial score (nSPS) is 10.9. The van der Waals surface area contributed by atoms with E-state index in [1.165, 1.54) is 16.9 Å². The van der Waals surface area contributed by atoms with Crippen LogP contribution in [0.15, 0.2) is 60.4 Å². The lowest BCUT2D eigenvalue weighted by molar-refractivity contribution is 0.0949. The Bertz CT molecular complexity index is 1020. The Hall–Kier alpha value is -3.06. The summed E-state index contributed by atoms with van der Waals surface area (Å²) < 4.78 is 2.98. The number of fused-ring (bicyclic) bond motifs is 1. The highest BCUT2D eigenvalue weighted by Crippen LogP contribution is 2.19. The summed E-state index contributed by atoms with van der Waals surface area (Å²) >= 11 is 1.52. The molecule has 1 N–H and O–H groups in total. The molecule has 0 atom stereocenters. The van der Waals surface area contributed by atoms with Gasteiger partial charge >= 0.3 is 0 Å². The van der Waals surface area contributed by atoms with Crippen molar-refractivity contribution >= 4 is 27.5 Å². The molecule has 0 saturated carbocycles. The molecular formula is C19H17N5OS. The van der Waals surface area contributed by atoms with Gasteiger partial charge in [-0.3, -0.25) is 4.79 Å². The third kappa shape index (κ3) is 3.62. The first-order valence-electron chi connectivity index (χ1n) is 8.31. The standard InChI is InChI=1S/C19H17N5OS/c25-19(15-6-7-16-17(10-15)26-13-21-16)20-11-18-23-22-12-24(18)9-8-14-4-2-1-3-5-14/h1-7,10,12-13H,8-9,11H2,(H,20,25). The number of nitrogens with zero attached hydrogens (tertiary/aromatic N) is 4. The van der Waals surface area contributed by atoms with Crippen molar-refractivity contribution < 1.29 is 4.79 Å². The molecular weight excluding hydrogens is 346 g/mol. The van der Waals surface area contributed by atoms with E-state index in [1.54, 1.807) is 17.9 Å². The van der Waals surface area contributed by atoms with Gasteiger partial charge in [-0.15, -0.1) is 21.5 Å². The van der Waals surface area contributed by atoms with Gasteiger partial charge in [-0.2, -0.15) is 0 Å². The lowest BCUT2D eigenvalue weighted by Crippen LogP contribution is -2.24. The molecule has 0 bridgehead atoms. The summed E-state index contributed by atoms with van der Waals surface area (Å²) in [5.41, 5.74) is 4.57. The Labute approximate surface area is 154 Å². The zero-order valence-electron chi connectivity index (χ0n) is 14.0. The summed E-state index contributed by atoms with van der Waals surface area (Å²) in [6.07, 6.45) is 2.59. The van der Waals surface area contributed by atoms with Crippen LogP contribution in [0.4, 0.5) is 0 Å². The van der Waals surface area contributed by atoms with E-state index in [9.17, 15) is 4.79 Å². The molecule has 4 aromatic rings. The van der Waals surface area contributed by atoms with E-state index in [0.717, 1.165) is 29.0 Å². The Morgan fingerprint density at radius 3 is 2.92 bits per heavy atom. The van der Waals surface area contributed by atoms with Crippen LogP contribution in [0, 0.1) is 0 Å². The molecule has 130 valence electrons. The van der Waals surface area contributed by atoms with Crippen LogP contribution in [-0.4, -0.2) is 25.7 Å². The molecule has 2 aromatic carbocycles. The molecule has 0 spiro atoms. The number of hydrogen-bond donors (Lipinski definition) is 1. The summed E-state index contributed by atoms with van der Waals surface area (Å²) in [6.45, 7) is 1.11. The van der Waals surface area contributed by atoms with Gasteiger partial charge in [0.2, 0.25) is 0 Å². The maximum atomic E-state index is 12.4. The van der Waals surface area contributed by atoms with E-state index in [1.807, 2.05) is 34.9 Å². The van der Waals surface area contributed by atoms with Gasteiger partial charge in [0, 0.05) is 12.1 Å². The topological polar surface area (TPSA) is 72.7 Å². The number of thiazole rings is 1. The second-order valence-corrected chi connectivity index (χ2v) is 6.78. The maximum Gasteiger partial charge on any atom is 0.251 e. The van der Waals surface area contributed by atoms with Crippen molar-refractivity contribution in [1.82, 2.24) is 25.1 Å². The van der Waals surface area contributed by atoms with E-state index >= 15 is 0 Å². The molecule has 0 saturated heterocycles. The van der Waals surface area contributed by atoms with E-state index in [2.05, 4.69) is 32.6 Å². The van der Waals surface area contributed by atoms with Gasteiger partial charge in [-0.05, 0) is 30.2 Å². The van der Waals surface area contributed by atoms with E-state index in [4.69, 9.17) is 0 Å². The van der Waals surface area contributed by atoms with Crippen LogP contribution < -0.4 is 5.32 Å². The fraction of sp³-hybridized carbons (Fsp3) is 0.158. The predicted octanol–water partition coefficient (Wildman–Crippen LogP) is 3.06. The van der Waals surface area contributed by atoms with Crippen LogP contribution in [0.25, 0.3) is 10.2 Å². The number of benzene rings is 2. The van der Waals surface area contributed by atoms with Gasteiger partial charge in [0.1, 0.15) is 6.33 Å². The number of aromatic nitrogens is 4. The molecule has 0 fully saturated rings. The van der Waals surface area contributed by atoms with Crippen molar-refractivity contribution in [1.29, 1.82) is 0 Å². The fourth-order valence-electron chi connectivity index (χ4n) is 2.75. The van der Waals surface area contributed by atoms with E-state index in [-0.39, 0.29) is 5.91 Å². The fourth-order valence-corrected chi connectivity index (χ4v) is 3.47. The van der Waals surface area contributed by atoms with Gasteiger partial charge in [0.25, 0.3) is 5.91 Å². The first-order chi connectivity index (χ1) is 12.8. The van der Waals surface area contributed by atoms with Crippen LogP contribution >= 0.6 is 11.3 Å². The highest BCUT2D eigenvalue weighted by Gasteiger charge is 2.10. The van der Waals surface area contributed by atoms with Gasteiger partial charge < -0.3 is 9.88 Å². The average molecular weight is 363 g/mol. The van der Waals surface area contributed by atoms with Crippen LogP contribution in [-0.2, 0) is 19.5 Å². The molecule has 6 nitrogen and oxygen atoms in total. The third-order valence-electron chi connectivity index (χ3n) is 4.18. The number of nitrogens with one attached hydrogen (secondary N) is 1. The lowest BCUT2D eigenvalue weighted by Gasteiger charge is -2.08. The van der Waals surface area contributed by atoms with Gasteiger partial charge in [-0.25, -0.2) is 4.98 Å². The molecule has 0 aliphatic rings.